The topological polar surface area (TPSA) is 47.9 Å². The van der Waals surface area contributed by atoms with Gasteiger partial charge in [-0.15, -0.1) is 0 Å². The smallest absolute Gasteiger partial charge is 0.0635 e. The molecule has 0 bridgehead atoms. The van der Waals surface area contributed by atoms with Crippen LogP contribution in [0.25, 0.3) is 0 Å². The number of hydrogen-bond donors (Lipinski definition) is 1. The van der Waals surface area contributed by atoms with E-state index >= 15 is 0 Å². The van der Waals surface area contributed by atoms with E-state index in [-0.39, 0.29) is 6.61 Å². The fourth-order valence-corrected chi connectivity index (χ4v) is 6.73. The normalized spacial score (nSPS) is 12.0. The molecule has 0 heterocycles. The van der Waals surface area contributed by atoms with Gasteiger partial charge >= 0.3 is 0 Å². The molecule has 4 nitrogen and oxygen atoms in total. The molecule has 0 atom stereocenters. The van der Waals surface area contributed by atoms with Crippen LogP contribution in [-0.4, -0.2) is 51.4 Å². The predicted octanol–water partition coefficient (Wildman–Crippen LogP) is 13.9. The molecule has 0 aromatic heterocycles. The van der Waals surface area contributed by atoms with E-state index in [0.717, 1.165) is 39.1 Å². The summed E-state index contributed by atoms with van der Waals surface area (Å²) < 4.78 is 18.5. The van der Waals surface area contributed by atoms with Gasteiger partial charge < -0.3 is 19.3 Å². The molecular formula is C44H90O4. The Morgan fingerprint density at radius 2 is 0.479 bits per heavy atom. The quantitative estimate of drug-likeness (QED) is 0.0650. The summed E-state index contributed by atoms with van der Waals surface area (Å²) >= 11 is 0. The van der Waals surface area contributed by atoms with Crippen molar-refractivity contribution in [2.24, 2.45) is 5.41 Å². The van der Waals surface area contributed by atoms with Gasteiger partial charge in [0.1, 0.15) is 0 Å². The van der Waals surface area contributed by atoms with E-state index in [1.807, 2.05) is 0 Å². The maximum Gasteiger partial charge on any atom is 0.0635 e. The summed E-state index contributed by atoms with van der Waals surface area (Å²) in [6, 6.07) is 0. The summed E-state index contributed by atoms with van der Waals surface area (Å²) in [5.41, 5.74) is -0.451. The Morgan fingerprint density at radius 1 is 0.292 bits per heavy atom. The maximum atomic E-state index is 10.5. The molecular weight excluding hydrogens is 592 g/mol. The average molecular weight is 683 g/mol. The molecule has 0 aliphatic heterocycles. The van der Waals surface area contributed by atoms with Gasteiger partial charge in [-0.3, -0.25) is 0 Å². The molecule has 0 amide bonds. The molecule has 1 N–H and O–H groups in total. The van der Waals surface area contributed by atoms with Gasteiger partial charge in [-0.2, -0.15) is 0 Å². The first-order chi connectivity index (χ1) is 23.7. The van der Waals surface area contributed by atoms with Crippen molar-refractivity contribution >= 4 is 0 Å². The first kappa shape index (κ1) is 47.8. The van der Waals surface area contributed by atoms with Crippen molar-refractivity contribution in [1.82, 2.24) is 0 Å². The number of unbranched alkanes of at least 4 members (excludes halogenated alkanes) is 30. The summed E-state index contributed by atoms with van der Waals surface area (Å²) in [4.78, 5) is 0. The minimum atomic E-state index is -0.451. The van der Waals surface area contributed by atoms with Gasteiger partial charge in [0.15, 0.2) is 0 Å². The first-order valence-corrected chi connectivity index (χ1v) is 22.1. The molecule has 0 rings (SSSR count). The minimum absolute atomic E-state index is 0.0573. The van der Waals surface area contributed by atoms with Crippen LogP contribution in [0.15, 0.2) is 0 Å². The minimum Gasteiger partial charge on any atom is -0.396 e. The van der Waals surface area contributed by atoms with Crippen LogP contribution < -0.4 is 0 Å². The highest BCUT2D eigenvalue weighted by atomic mass is 16.5. The zero-order chi connectivity index (χ0) is 34.9. The second-order valence-corrected chi connectivity index (χ2v) is 15.4. The van der Waals surface area contributed by atoms with E-state index in [1.165, 1.54) is 193 Å². The summed E-state index contributed by atoms with van der Waals surface area (Å²) in [7, 11) is 0. The number of rotatable bonds is 43. The molecule has 48 heavy (non-hydrogen) atoms. The summed E-state index contributed by atoms with van der Waals surface area (Å²) in [5, 5.41) is 10.5. The van der Waals surface area contributed by atoms with Crippen molar-refractivity contribution in [3.05, 3.63) is 0 Å². The third kappa shape index (κ3) is 35.7. The number of aliphatic hydroxyl groups is 1. The summed E-state index contributed by atoms with van der Waals surface area (Å²) in [6.07, 6.45) is 44.3. The highest BCUT2D eigenvalue weighted by Crippen LogP contribution is 2.21. The van der Waals surface area contributed by atoms with Crippen LogP contribution in [0.3, 0.4) is 0 Å². The van der Waals surface area contributed by atoms with Crippen molar-refractivity contribution in [2.45, 2.75) is 233 Å². The number of aliphatic hydroxyl groups excluding tert-OH is 1. The molecule has 0 radical (unpaired) electrons. The molecule has 0 fully saturated rings. The van der Waals surface area contributed by atoms with E-state index in [9.17, 15) is 5.11 Å². The lowest BCUT2D eigenvalue weighted by Gasteiger charge is -2.31. The molecule has 0 saturated carbocycles. The molecule has 0 spiro atoms. The van der Waals surface area contributed by atoms with Gasteiger partial charge in [-0.05, 0) is 19.3 Å². The van der Waals surface area contributed by atoms with E-state index in [1.54, 1.807) is 0 Å². The van der Waals surface area contributed by atoms with Gasteiger partial charge in [0.05, 0.1) is 31.8 Å². The Kier molecular flexibility index (Phi) is 41.1. The van der Waals surface area contributed by atoms with Gasteiger partial charge in [0, 0.05) is 19.8 Å². The van der Waals surface area contributed by atoms with Crippen molar-refractivity contribution < 1.29 is 19.3 Å². The van der Waals surface area contributed by atoms with Crippen LogP contribution in [0.1, 0.15) is 233 Å². The summed E-state index contributed by atoms with van der Waals surface area (Å²) in [5.74, 6) is 0. The average Bonchev–Trinajstić information content (AvgIpc) is 3.10. The zero-order valence-corrected chi connectivity index (χ0v) is 33.5. The van der Waals surface area contributed by atoms with E-state index in [2.05, 4.69) is 20.8 Å². The fourth-order valence-electron chi connectivity index (χ4n) is 6.73. The number of ether oxygens (including phenoxy) is 3. The first-order valence-electron chi connectivity index (χ1n) is 22.1. The Hall–Kier alpha value is -0.160. The van der Waals surface area contributed by atoms with Crippen LogP contribution in [0, 0.1) is 5.41 Å². The van der Waals surface area contributed by atoms with Crippen LogP contribution in [0.4, 0.5) is 0 Å². The second kappa shape index (κ2) is 41.3. The molecule has 0 aliphatic carbocycles. The number of hydrogen-bond acceptors (Lipinski definition) is 4. The standard InChI is InChI=1S/C44H90O4/c1-4-7-10-13-16-19-22-25-28-31-34-37-46-41-44(40-45,42-47-38-35-32-29-26-23-20-17-14-11-8-5-2)43-48-39-36-33-30-27-24-21-18-15-12-9-6-3/h45H,4-43H2,1-3H3. The van der Waals surface area contributed by atoms with Crippen molar-refractivity contribution in [2.75, 3.05) is 46.2 Å². The van der Waals surface area contributed by atoms with Gasteiger partial charge in [-0.25, -0.2) is 0 Å². The lowest BCUT2D eigenvalue weighted by molar-refractivity contribution is -0.0937. The van der Waals surface area contributed by atoms with E-state index in [0.29, 0.717) is 19.8 Å². The third-order valence-electron chi connectivity index (χ3n) is 10.2. The Labute approximate surface area is 303 Å². The van der Waals surface area contributed by atoms with E-state index in [4.69, 9.17) is 14.2 Å². The van der Waals surface area contributed by atoms with Crippen molar-refractivity contribution in [3.63, 3.8) is 0 Å². The van der Waals surface area contributed by atoms with Gasteiger partial charge in [-0.1, -0.05) is 213 Å². The van der Waals surface area contributed by atoms with Crippen molar-refractivity contribution in [1.29, 1.82) is 0 Å². The largest absolute Gasteiger partial charge is 0.396 e. The fraction of sp³-hybridized carbons (Fsp3) is 1.00. The molecule has 4 heteroatoms. The highest BCUT2D eigenvalue weighted by molar-refractivity contribution is 4.78. The van der Waals surface area contributed by atoms with Crippen molar-refractivity contribution in [3.8, 4) is 0 Å². The molecule has 0 saturated heterocycles. The lowest BCUT2D eigenvalue weighted by atomic mass is 9.92. The van der Waals surface area contributed by atoms with E-state index < -0.39 is 5.41 Å². The van der Waals surface area contributed by atoms with Crippen LogP contribution in [0.5, 0.6) is 0 Å². The Balaban J connectivity index is 4.21. The molecule has 0 aliphatic rings. The molecule has 0 aromatic rings. The van der Waals surface area contributed by atoms with Crippen LogP contribution in [-0.2, 0) is 14.2 Å². The predicted molar refractivity (Wildman–Crippen MR) is 211 cm³/mol. The molecule has 0 unspecified atom stereocenters. The maximum absolute atomic E-state index is 10.5. The van der Waals surface area contributed by atoms with Gasteiger partial charge in [0.25, 0.3) is 0 Å². The van der Waals surface area contributed by atoms with Crippen LogP contribution in [0.2, 0.25) is 0 Å². The lowest BCUT2D eigenvalue weighted by Crippen LogP contribution is -2.41. The molecule has 0 aromatic carbocycles. The van der Waals surface area contributed by atoms with Crippen LogP contribution >= 0.6 is 0 Å². The molecule has 290 valence electrons. The Bertz CT molecular complexity index is 494. The third-order valence-corrected chi connectivity index (χ3v) is 10.2. The zero-order valence-electron chi connectivity index (χ0n) is 33.5. The SMILES string of the molecule is CCCCCCCCCCCCCOCC(CO)(COCCCCCCCCCCCCC)COCCCCCCCCCCCCC. The second-order valence-electron chi connectivity index (χ2n) is 15.4. The highest BCUT2D eigenvalue weighted by Gasteiger charge is 2.31. The summed E-state index contributed by atoms with van der Waals surface area (Å²) in [6.45, 7) is 10.8. The van der Waals surface area contributed by atoms with Gasteiger partial charge in [0.2, 0.25) is 0 Å². The monoisotopic (exact) mass is 683 g/mol. The Morgan fingerprint density at radius 3 is 0.667 bits per heavy atom.